The summed E-state index contributed by atoms with van der Waals surface area (Å²) in [6.45, 7) is 4.15. The zero-order valence-electron chi connectivity index (χ0n) is 8.74. The third-order valence-electron chi connectivity index (χ3n) is 2.51. The van der Waals surface area contributed by atoms with Gasteiger partial charge in [0.1, 0.15) is 5.71 Å². The maximum Gasteiger partial charge on any atom is 0.214 e. The molecular weight excluding hydrogens is 188 g/mol. The SMILES string of the molecule is CC(C)c1ccc2c(c1)C(=O)C(=N)C=N2. The summed E-state index contributed by atoms with van der Waals surface area (Å²) in [7, 11) is 0. The Morgan fingerprint density at radius 1 is 1.33 bits per heavy atom. The molecular formula is C12H12N2O. The molecule has 1 aromatic rings. The van der Waals surface area contributed by atoms with E-state index in [1.54, 1.807) is 0 Å². The Labute approximate surface area is 88.4 Å². The summed E-state index contributed by atoms with van der Waals surface area (Å²) in [6.07, 6.45) is 1.31. The average Bonchev–Trinajstić information content (AvgIpc) is 2.23. The van der Waals surface area contributed by atoms with Gasteiger partial charge in [-0.1, -0.05) is 19.9 Å². The predicted molar refractivity (Wildman–Crippen MR) is 60.7 cm³/mol. The fraction of sp³-hybridized carbons (Fsp3) is 0.250. The van der Waals surface area contributed by atoms with Crippen LogP contribution in [0.1, 0.15) is 35.7 Å². The fourth-order valence-electron chi connectivity index (χ4n) is 1.55. The predicted octanol–water partition coefficient (Wildman–Crippen LogP) is 2.73. The van der Waals surface area contributed by atoms with E-state index < -0.39 is 0 Å². The number of Topliss-reactive ketones (excluding diaryl/α,β-unsaturated/α-hetero) is 1. The quantitative estimate of drug-likeness (QED) is 0.744. The highest BCUT2D eigenvalue weighted by atomic mass is 16.1. The molecule has 1 aliphatic rings. The van der Waals surface area contributed by atoms with E-state index in [-0.39, 0.29) is 11.5 Å². The van der Waals surface area contributed by atoms with Gasteiger partial charge in [-0.05, 0) is 23.6 Å². The number of carbonyl (C=O) groups excluding carboxylic acids is 1. The van der Waals surface area contributed by atoms with Gasteiger partial charge in [-0.2, -0.15) is 0 Å². The van der Waals surface area contributed by atoms with E-state index in [9.17, 15) is 4.79 Å². The zero-order valence-corrected chi connectivity index (χ0v) is 8.74. The number of aliphatic imine (C=N–C) groups is 1. The van der Waals surface area contributed by atoms with E-state index in [0.29, 0.717) is 17.2 Å². The number of nitrogens with zero attached hydrogens (tertiary/aromatic N) is 1. The molecule has 1 aliphatic heterocycles. The highest BCUT2D eigenvalue weighted by Crippen LogP contribution is 2.26. The summed E-state index contributed by atoms with van der Waals surface area (Å²) in [5, 5.41) is 7.40. The minimum absolute atomic E-state index is 0.0385. The molecule has 1 N–H and O–H groups in total. The van der Waals surface area contributed by atoms with Crippen molar-refractivity contribution in [2.24, 2.45) is 4.99 Å². The van der Waals surface area contributed by atoms with Crippen molar-refractivity contribution in [3.63, 3.8) is 0 Å². The minimum Gasteiger partial charge on any atom is -0.295 e. The van der Waals surface area contributed by atoms with Gasteiger partial charge in [0.2, 0.25) is 5.78 Å². The molecule has 1 aromatic carbocycles. The van der Waals surface area contributed by atoms with E-state index in [0.717, 1.165) is 5.56 Å². The van der Waals surface area contributed by atoms with Gasteiger partial charge in [-0.25, -0.2) is 0 Å². The van der Waals surface area contributed by atoms with Crippen LogP contribution in [-0.2, 0) is 0 Å². The molecule has 3 heteroatoms. The number of hydrogen-bond acceptors (Lipinski definition) is 3. The monoisotopic (exact) mass is 200 g/mol. The number of nitrogens with one attached hydrogen (secondary N) is 1. The Morgan fingerprint density at radius 2 is 2.07 bits per heavy atom. The van der Waals surface area contributed by atoms with Crippen LogP contribution in [0.2, 0.25) is 0 Å². The molecule has 1 heterocycles. The largest absolute Gasteiger partial charge is 0.295 e. The average molecular weight is 200 g/mol. The lowest BCUT2D eigenvalue weighted by Gasteiger charge is -2.12. The number of benzene rings is 1. The Kier molecular flexibility index (Phi) is 2.23. The molecule has 0 amide bonds. The van der Waals surface area contributed by atoms with Crippen LogP contribution in [0.4, 0.5) is 5.69 Å². The third-order valence-corrected chi connectivity index (χ3v) is 2.51. The topological polar surface area (TPSA) is 53.3 Å². The molecule has 0 aliphatic carbocycles. The lowest BCUT2D eigenvalue weighted by molar-refractivity contribution is 0.106. The van der Waals surface area contributed by atoms with Gasteiger partial charge in [0.05, 0.1) is 17.5 Å². The second-order valence-electron chi connectivity index (χ2n) is 3.93. The van der Waals surface area contributed by atoms with Crippen molar-refractivity contribution in [3.8, 4) is 0 Å². The fourth-order valence-corrected chi connectivity index (χ4v) is 1.55. The van der Waals surface area contributed by atoms with Gasteiger partial charge >= 0.3 is 0 Å². The summed E-state index contributed by atoms with van der Waals surface area (Å²) < 4.78 is 0. The molecule has 0 fully saturated rings. The van der Waals surface area contributed by atoms with Crippen molar-refractivity contribution in [3.05, 3.63) is 29.3 Å². The van der Waals surface area contributed by atoms with Gasteiger partial charge in [0.25, 0.3) is 0 Å². The molecule has 0 aromatic heterocycles. The summed E-state index contributed by atoms with van der Waals surface area (Å²) in [5.74, 6) is 0.144. The van der Waals surface area contributed by atoms with E-state index in [1.165, 1.54) is 6.21 Å². The standard InChI is InChI=1S/C12H12N2O/c1-7(2)8-3-4-11-9(5-8)12(15)10(13)6-14-11/h3-7,13H,1-2H3. The molecule has 0 unspecified atom stereocenters. The summed E-state index contributed by atoms with van der Waals surface area (Å²) >= 11 is 0. The van der Waals surface area contributed by atoms with Crippen LogP contribution in [0.25, 0.3) is 0 Å². The molecule has 15 heavy (non-hydrogen) atoms. The molecule has 0 radical (unpaired) electrons. The van der Waals surface area contributed by atoms with Crippen LogP contribution in [0.15, 0.2) is 23.2 Å². The summed E-state index contributed by atoms with van der Waals surface area (Å²) in [5.41, 5.74) is 2.28. The summed E-state index contributed by atoms with van der Waals surface area (Å²) in [6, 6.07) is 5.65. The lowest BCUT2D eigenvalue weighted by atomic mass is 9.95. The highest BCUT2D eigenvalue weighted by molar-refractivity contribution is 6.65. The lowest BCUT2D eigenvalue weighted by Crippen LogP contribution is -2.18. The van der Waals surface area contributed by atoms with Crippen LogP contribution < -0.4 is 0 Å². The Hall–Kier alpha value is -1.77. The van der Waals surface area contributed by atoms with Crippen molar-refractivity contribution in [2.75, 3.05) is 0 Å². The smallest absolute Gasteiger partial charge is 0.214 e. The number of ketones is 1. The number of hydrogen-bond donors (Lipinski definition) is 1. The number of rotatable bonds is 1. The Balaban J connectivity index is 2.57. The van der Waals surface area contributed by atoms with E-state index in [1.807, 2.05) is 18.2 Å². The minimum atomic E-state index is -0.234. The molecule has 76 valence electrons. The van der Waals surface area contributed by atoms with Crippen LogP contribution in [0.5, 0.6) is 0 Å². The van der Waals surface area contributed by atoms with Gasteiger partial charge < -0.3 is 0 Å². The molecule has 0 bridgehead atoms. The highest BCUT2D eigenvalue weighted by Gasteiger charge is 2.19. The van der Waals surface area contributed by atoms with Gasteiger partial charge in [-0.15, -0.1) is 0 Å². The second-order valence-corrected chi connectivity index (χ2v) is 3.93. The van der Waals surface area contributed by atoms with Crippen LogP contribution in [0, 0.1) is 5.41 Å². The summed E-state index contributed by atoms with van der Waals surface area (Å²) in [4.78, 5) is 15.7. The van der Waals surface area contributed by atoms with E-state index in [2.05, 4.69) is 18.8 Å². The molecule has 0 atom stereocenters. The maximum atomic E-state index is 11.7. The van der Waals surface area contributed by atoms with Crippen molar-refractivity contribution >= 4 is 23.4 Å². The molecule has 0 spiro atoms. The Morgan fingerprint density at radius 3 is 2.73 bits per heavy atom. The van der Waals surface area contributed by atoms with E-state index in [4.69, 9.17) is 5.41 Å². The normalized spacial score (nSPS) is 14.6. The third kappa shape index (κ3) is 1.61. The van der Waals surface area contributed by atoms with E-state index >= 15 is 0 Å². The van der Waals surface area contributed by atoms with Crippen molar-refractivity contribution in [1.29, 1.82) is 5.41 Å². The second kappa shape index (κ2) is 3.42. The van der Waals surface area contributed by atoms with Gasteiger partial charge in [-0.3, -0.25) is 15.2 Å². The first kappa shape index (κ1) is 9.77. The number of carbonyl (C=O) groups is 1. The van der Waals surface area contributed by atoms with Crippen LogP contribution >= 0.6 is 0 Å². The van der Waals surface area contributed by atoms with Gasteiger partial charge in [0, 0.05) is 0 Å². The van der Waals surface area contributed by atoms with Gasteiger partial charge in [0.15, 0.2) is 0 Å². The van der Waals surface area contributed by atoms with Crippen molar-refractivity contribution < 1.29 is 4.79 Å². The molecule has 3 nitrogen and oxygen atoms in total. The zero-order chi connectivity index (χ0) is 11.0. The Bertz CT molecular complexity index is 473. The first-order chi connectivity index (χ1) is 7.09. The first-order valence-electron chi connectivity index (χ1n) is 4.91. The molecule has 0 saturated carbocycles. The first-order valence-corrected chi connectivity index (χ1v) is 4.91. The van der Waals surface area contributed by atoms with Crippen LogP contribution in [0.3, 0.4) is 0 Å². The molecule has 2 rings (SSSR count). The van der Waals surface area contributed by atoms with Crippen molar-refractivity contribution in [2.45, 2.75) is 19.8 Å². The molecule has 0 saturated heterocycles. The number of fused-ring (bicyclic) bond motifs is 1. The van der Waals surface area contributed by atoms with Crippen molar-refractivity contribution in [1.82, 2.24) is 0 Å². The maximum absolute atomic E-state index is 11.7. The van der Waals surface area contributed by atoms with Crippen LogP contribution in [-0.4, -0.2) is 17.7 Å².